The summed E-state index contributed by atoms with van der Waals surface area (Å²) >= 11 is 0. The Kier molecular flexibility index (Phi) is 3.79. The van der Waals surface area contributed by atoms with Crippen LogP contribution in [0.1, 0.15) is 30.4 Å². The van der Waals surface area contributed by atoms with Gasteiger partial charge in [0, 0.05) is 23.6 Å². The molecule has 0 saturated heterocycles. The fourth-order valence-electron chi connectivity index (χ4n) is 2.16. The maximum atomic E-state index is 13.7. The van der Waals surface area contributed by atoms with Crippen LogP contribution >= 0.6 is 0 Å². The highest BCUT2D eigenvalue weighted by molar-refractivity contribution is 5.66. The molecule has 1 aliphatic rings. The molecule has 0 fully saturated rings. The van der Waals surface area contributed by atoms with Gasteiger partial charge in [0.2, 0.25) is 0 Å². The molecule has 0 saturated carbocycles. The van der Waals surface area contributed by atoms with E-state index >= 15 is 0 Å². The van der Waals surface area contributed by atoms with Crippen molar-refractivity contribution in [1.29, 1.82) is 0 Å². The van der Waals surface area contributed by atoms with E-state index in [0.717, 1.165) is 6.07 Å². The summed E-state index contributed by atoms with van der Waals surface area (Å²) in [4.78, 5) is 10.4. The molecule has 18 heavy (non-hydrogen) atoms. The third-order valence-electron chi connectivity index (χ3n) is 3.01. The van der Waals surface area contributed by atoms with E-state index in [2.05, 4.69) is 0 Å². The van der Waals surface area contributed by atoms with E-state index in [1.165, 1.54) is 0 Å². The Morgan fingerprint density at radius 1 is 1.39 bits per heavy atom. The molecular weight excluding hydrogens is 242 g/mol. The number of aliphatic carboxylic acids is 1. The molecule has 3 nitrogen and oxygen atoms in total. The van der Waals surface area contributed by atoms with Crippen molar-refractivity contribution >= 4 is 5.97 Å². The van der Waals surface area contributed by atoms with Crippen molar-refractivity contribution in [1.82, 2.24) is 0 Å². The monoisotopic (exact) mass is 256 g/mol. The van der Waals surface area contributed by atoms with Crippen molar-refractivity contribution in [2.45, 2.75) is 32.1 Å². The zero-order valence-corrected chi connectivity index (χ0v) is 9.84. The molecule has 0 radical (unpaired) electrons. The van der Waals surface area contributed by atoms with Crippen molar-refractivity contribution in [2.24, 2.45) is 0 Å². The van der Waals surface area contributed by atoms with Crippen LogP contribution in [0, 0.1) is 11.6 Å². The second-order valence-corrected chi connectivity index (χ2v) is 4.33. The van der Waals surface area contributed by atoms with E-state index in [9.17, 15) is 13.6 Å². The molecule has 1 aliphatic heterocycles. The number of hydrogen-bond donors (Lipinski definition) is 1. The number of carbonyl (C=O) groups is 1. The minimum absolute atomic E-state index is 0.0361. The van der Waals surface area contributed by atoms with Gasteiger partial charge in [-0.15, -0.1) is 0 Å². The van der Waals surface area contributed by atoms with Gasteiger partial charge in [-0.25, -0.2) is 8.78 Å². The Hall–Kier alpha value is -1.65. The second-order valence-electron chi connectivity index (χ2n) is 4.33. The number of fused-ring (bicyclic) bond motifs is 1. The standard InChI is InChI=1S/C13H14F2O3/c14-10-7-11(15)9-4-2-6-18-13(9)8(10)3-1-5-12(16)17/h7H,1-6H2,(H,16,17). The normalized spacial score (nSPS) is 13.9. The van der Waals surface area contributed by atoms with Gasteiger partial charge in [-0.3, -0.25) is 4.79 Å². The molecule has 5 heteroatoms. The Morgan fingerprint density at radius 3 is 2.89 bits per heavy atom. The van der Waals surface area contributed by atoms with Gasteiger partial charge in [-0.05, 0) is 25.7 Å². The van der Waals surface area contributed by atoms with Gasteiger partial charge in [0.25, 0.3) is 0 Å². The van der Waals surface area contributed by atoms with Crippen molar-refractivity contribution in [3.8, 4) is 5.75 Å². The Morgan fingerprint density at radius 2 is 2.17 bits per heavy atom. The maximum absolute atomic E-state index is 13.7. The smallest absolute Gasteiger partial charge is 0.303 e. The topological polar surface area (TPSA) is 46.5 Å². The summed E-state index contributed by atoms with van der Waals surface area (Å²) in [5.74, 6) is -1.88. The first-order valence-electron chi connectivity index (χ1n) is 5.94. The molecule has 0 bridgehead atoms. The van der Waals surface area contributed by atoms with Crippen molar-refractivity contribution < 1.29 is 23.4 Å². The summed E-state index contributed by atoms with van der Waals surface area (Å²) in [5, 5.41) is 8.56. The summed E-state index contributed by atoms with van der Waals surface area (Å²) in [6.45, 7) is 0.446. The van der Waals surface area contributed by atoms with Gasteiger partial charge >= 0.3 is 5.97 Å². The molecule has 1 aromatic rings. The highest BCUT2D eigenvalue weighted by Crippen LogP contribution is 2.34. The van der Waals surface area contributed by atoms with Crippen LogP contribution in [0.15, 0.2) is 6.07 Å². The number of hydrogen-bond acceptors (Lipinski definition) is 2. The van der Waals surface area contributed by atoms with Gasteiger partial charge in [-0.2, -0.15) is 0 Å². The Bertz CT molecular complexity index is 472. The number of ether oxygens (including phenoxy) is 1. The van der Waals surface area contributed by atoms with Crippen LogP contribution in [0.4, 0.5) is 8.78 Å². The SMILES string of the molecule is O=C(O)CCCc1c(F)cc(F)c2c1OCCC2. The van der Waals surface area contributed by atoms with Gasteiger partial charge < -0.3 is 9.84 Å². The van der Waals surface area contributed by atoms with E-state index in [1.807, 2.05) is 0 Å². The molecule has 1 aromatic carbocycles. The lowest BCUT2D eigenvalue weighted by atomic mass is 9.98. The molecule has 1 N–H and O–H groups in total. The van der Waals surface area contributed by atoms with Crippen LogP contribution in [-0.2, 0) is 17.6 Å². The number of rotatable bonds is 4. The first-order chi connectivity index (χ1) is 8.59. The molecule has 0 unspecified atom stereocenters. The van der Waals surface area contributed by atoms with Crippen LogP contribution < -0.4 is 4.74 Å². The van der Waals surface area contributed by atoms with E-state index in [-0.39, 0.29) is 18.6 Å². The average molecular weight is 256 g/mol. The fraction of sp³-hybridized carbons (Fsp3) is 0.462. The fourth-order valence-corrected chi connectivity index (χ4v) is 2.16. The molecular formula is C13H14F2O3. The highest BCUT2D eigenvalue weighted by atomic mass is 19.1. The zero-order valence-electron chi connectivity index (χ0n) is 9.84. The molecule has 0 amide bonds. The van der Waals surface area contributed by atoms with E-state index in [1.54, 1.807) is 0 Å². The number of carboxylic acids is 1. The largest absolute Gasteiger partial charge is 0.493 e. The first-order valence-corrected chi connectivity index (χ1v) is 5.94. The van der Waals surface area contributed by atoms with E-state index in [0.29, 0.717) is 37.0 Å². The van der Waals surface area contributed by atoms with E-state index in [4.69, 9.17) is 9.84 Å². The predicted octanol–water partition coefficient (Wildman–Crippen LogP) is 2.70. The first kappa shape index (κ1) is 12.8. The van der Waals surface area contributed by atoms with Crippen LogP contribution in [0.2, 0.25) is 0 Å². The molecule has 1 heterocycles. The molecule has 0 aliphatic carbocycles. The second kappa shape index (κ2) is 5.33. The van der Waals surface area contributed by atoms with Gasteiger partial charge in [0.1, 0.15) is 17.4 Å². The predicted molar refractivity (Wildman–Crippen MR) is 60.7 cm³/mol. The lowest BCUT2D eigenvalue weighted by Crippen LogP contribution is -2.14. The summed E-state index contributed by atoms with van der Waals surface area (Å²) < 4.78 is 32.6. The number of benzene rings is 1. The third kappa shape index (κ3) is 2.60. The average Bonchev–Trinajstić information content (AvgIpc) is 2.33. The summed E-state index contributed by atoms with van der Waals surface area (Å²) in [6, 6.07) is 0.865. The van der Waals surface area contributed by atoms with Crippen LogP contribution in [-0.4, -0.2) is 17.7 Å². The highest BCUT2D eigenvalue weighted by Gasteiger charge is 2.22. The van der Waals surface area contributed by atoms with Crippen molar-refractivity contribution in [2.75, 3.05) is 6.61 Å². The Balaban J connectivity index is 2.25. The van der Waals surface area contributed by atoms with Crippen molar-refractivity contribution in [3.63, 3.8) is 0 Å². The van der Waals surface area contributed by atoms with Gasteiger partial charge in [0.15, 0.2) is 0 Å². The lowest BCUT2D eigenvalue weighted by Gasteiger charge is -2.21. The minimum atomic E-state index is -0.924. The van der Waals surface area contributed by atoms with Gasteiger partial charge in [-0.1, -0.05) is 0 Å². The van der Waals surface area contributed by atoms with Crippen LogP contribution in [0.3, 0.4) is 0 Å². The number of halogens is 2. The third-order valence-corrected chi connectivity index (χ3v) is 3.01. The van der Waals surface area contributed by atoms with Crippen LogP contribution in [0.25, 0.3) is 0 Å². The van der Waals surface area contributed by atoms with Crippen LogP contribution in [0.5, 0.6) is 5.75 Å². The summed E-state index contributed by atoms with van der Waals surface area (Å²) in [6.07, 6.45) is 1.78. The maximum Gasteiger partial charge on any atom is 0.303 e. The molecule has 0 atom stereocenters. The minimum Gasteiger partial charge on any atom is -0.493 e. The zero-order chi connectivity index (χ0) is 13.1. The molecule has 98 valence electrons. The molecule has 0 spiro atoms. The molecule has 0 aromatic heterocycles. The summed E-state index contributed by atoms with van der Waals surface area (Å²) in [7, 11) is 0. The summed E-state index contributed by atoms with van der Waals surface area (Å²) in [5.41, 5.74) is 0.709. The quantitative estimate of drug-likeness (QED) is 0.900. The number of carboxylic acid groups (broad SMARTS) is 1. The molecule has 2 rings (SSSR count). The Labute approximate surface area is 103 Å². The van der Waals surface area contributed by atoms with Crippen molar-refractivity contribution in [3.05, 3.63) is 28.8 Å². The van der Waals surface area contributed by atoms with Gasteiger partial charge in [0.05, 0.1) is 6.61 Å². The lowest BCUT2D eigenvalue weighted by molar-refractivity contribution is -0.137. The van der Waals surface area contributed by atoms with E-state index < -0.39 is 17.6 Å².